The predicted octanol–water partition coefficient (Wildman–Crippen LogP) is 0.0670. The third kappa shape index (κ3) is 5.68. The number of halogens is 1. The van der Waals surface area contributed by atoms with E-state index >= 15 is 0 Å². The van der Waals surface area contributed by atoms with Crippen molar-refractivity contribution in [1.82, 2.24) is 0 Å². The van der Waals surface area contributed by atoms with Gasteiger partial charge < -0.3 is 16.6 Å². The first kappa shape index (κ1) is 19.8. The van der Waals surface area contributed by atoms with E-state index in [4.69, 9.17) is 16.6 Å². The third-order valence-electron chi connectivity index (χ3n) is 2.53. The van der Waals surface area contributed by atoms with Gasteiger partial charge in [-0.1, -0.05) is 18.2 Å². The standard InChI is InChI=1S/C6H11FN2O3S.C6H5NO2/c7-3-6(9,5(10)11)4(13-12)1-2-8;8-7(9)6-4-2-1-3-5-6/h1-3,8-9H2,(H,10,11);1-5H. The summed E-state index contributed by atoms with van der Waals surface area (Å²) in [6.07, 6.45) is 0.000880. The quantitative estimate of drug-likeness (QED) is 0.378. The van der Waals surface area contributed by atoms with Crippen LogP contribution in [0.1, 0.15) is 6.42 Å². The largest absolute Gasteiger partial charge is 0.480 e. The summed E-state index contributed by atoms with van der Waals surface area (Å²) in [7, 11) is 0. The van der Waals surface area contributed by atoms with E-state index in [2.05, 4.69) is 0 Å². The third-order valence-corrected chi connectivity index (χ3v) is 3.30. The van der Waals surface area contributed by atoms with E-state index in [1.807, 2.05) is 0 Å². The summed E-state index contributed by atoms with van der Waals surface area (Å²) in [6, 6.07) is 7.93. The van der Waals surface area contributed by atoms with Crippen LogP contribution in [0.3, 0.4) is 0 Å². The number of nitrogens with two attached hydrogens (primary N) is 2. The summed E-state index contributed by atoms with van der Waals surface area (Å²) in [5, 5.41) is 18.6. The summed E-state index contributed by atoms with van der Waals surface area (Å²) in [5.41, 5.74) is 8.24. The van der Waals surface area contributed by atoms with Crippen LogP contribution in [0.5, 0.6) is 0 Å². The summed E-state index contributed by atoms with van der Waals surface area (Å²) in [5.74, 6) is -1.55. The zero-order valence-corrected chi connectivity index (χ0v) is 12.3. The van der Waals surface area contributed by atoms with Crippen molar-refractivity contribution in [2.24, 2.45) is 11.5 Å². The molecule has 8 nitrogen and oxygen atoms in total. The molecule has 0 saturated carbocycles. The normalized spacial score (nSPS) is 12.3. The Bertz CT molecular complexity index is 565. The fourth-order valence-corrected chi connectivity index (χ4v) is 1.76. The van der Waals surface area contributed by atoms with Crippen molar-refractivity contribution in [3.8, 4) is 0 Å². The Morgan fingerprint density at radius 1 is 1.41 bits per heavy atom. The van der Waals surface area contributed by atoms with Crippen LogP contribution < -0.4 is 11.5 Å². The number of hydrogen-bond acceptors (Lipinski definition) is 6. The average Bonchev–Trinajstić information content (AvgIpc) is 2.53. The van der Waals surface area contributed by atoms with Crippen LogP contribution in [0, 0.1) is 10.1 Å². The molecule has 5 N–H and O–H groups in total. The zero-order chi connectivity index (χ0) is 17.2. The topological polar surface area (TPSA) is 150 Å². The second kappa shape index (κ2) is 9.71. The van der Waals surface area contributed by atoms with Crippen molar-refractivity contribution in [2.75, 3.05) is 13.2 Å². The van der Waals surface area contributed by atoms with Crippen LogP contribution in [0.15, 0.2) is 30.3 Å². The molecule has 10 heteroatoms. The molecule has 22 heavy (non-hydrogen) atoms. The lowest BCUT2D eigenvalue weighted by molar-refractivity contribution is -0.384. The second-order valence-corrected chi connectivity index (χ2v) is 4.71. The summed E-state index contributed by atoms with van der Waals surface area (Å²) < 4.78 is 22.8. The van der Waals surface area contributed by atoms with Crippen molar-refractivity contribution in [2.45, 2.75) is 12.0 Å². The second-order valence-electron chi connectivity index (χ2n) is 4.05. The van der Waals surface area contributed by atoms with Gasteiger partial charge in [0.05, 0.1) is 21.0 Å². The van der Waals surface area contributed by atoms with Crippen LogP contribution in [-0.4, -0.2) is 43.8 Å². The number of aliphatic carboxylic acids is 1. The van der Waals surface area contributed by atoms with E-state index in [1.165, 1.54) is 12.1 Å². The van der Waals surface area contributed by atoms with Crippen molar-refractivity contribution in [3.05, 3.63) is 40.4 Å². The average molecular weight is 333 g/mol. The van der Waals surface area contributed by atoms with E-state index in [0.717, 1.165) is 0 Å². The molecule has 0 fully saturated rings. The molecule has 0 aliphatic heterocycles. The number of rotatable bonds is 6. The van der Waals surface area contributed by atoms with Gasteiger partial charge in [0.2, 0.25) is 0 Å². The monoisotopic (exact) mass is 333 g/mol. The van der Waals surface area contributed by atoms with Crippen molar-refractivity contribution >= 4 is 27.8 Å². The summed E-state index contributed by atoms with van der Waals surface area (Å²) in [6.45, 7) is -1.25. The van der Waals surface area contributed by atoms with Gasteiger partial charge >= 0.3 is 5.97 Å². The molecule has 0 aliphatic carbocycles. The minimum absolute atomic E-state index is 0.000880. The number of benzene rings is 1. The number of non-ortho nitro benzene ring substituents is 1. The molecular weight excluding hydrogens is 317 g/mol. The Balaban J connectivity index is 0.000000425. The fraction of sp³-hybridized carbons (Fsp3) is 0.333. The molecule has 1 aromatic rings. The van der Waals surface area contributed by atoms with Gasteiger partial charge in [-0.05, 0) is 13.0 Å². The number of nitrogens with zero attached hydrogens (tertiary/aromatic N) is 1. The van der Waals surface area contributed by atoms with Crippen LogP contribution in [-0.2, 0) is 16.1 Å². The molecule has 1 aromatic carbocycles. The lowest BCUT2D eigenvalue weighted by Gasteiger charge is -2.20. The van der Waals surface area contributed by atoms with Crippen LogP contribution in [0.4, 0.5) is 10.1 Å². The molecule has 0 spiro atoms. The Hall–Kier alpha value is -2.17. The molecule has 1 rings (SSSR count). The van der Waals surface area contributed by atoms with Gasteiger partial charge in [-0.2, -0.15) is 0 Å². The van der Waals surface area contributed by atoms with Gasteiger partial charge in [0.1, 0.15) is 6.67 Å². The molecule has 0 aliphatic rings. The Kier molecular flexibility index (Phi) is 8.75. The molecule has 0 saturated heterocycles. The highest BCUT2D eigenvalue weighted by atomic mass is 32.1. The predicted molar refractivity (Wildman–Crippen MR) is 80.4 cm³/mol. The summed E-state index contributed by atoms with van der Waals surface area (Å²) in [4.78, 5) is 19.9. The van der Waals surface area contributed by atoms with Crippen molar-refractivity contribution in [1.29, 1.82) is 0 Å². The fourth-order valence-electron chi connectivity index (χ4n) is 1.27. The lowest BCUT2D eigenvalue weighted by atomic mass is 9.96. The number of alkyl halides is 1. The maximum absolute atomic E-state index is 12.3. The molecule has 0 aromatic heterocycles. The Morgan fingerprint density at radius 2 is 1.95 bits per heavy atom. The highest BCUT2D eigenvalue weighted by Gasteiger charge is 2.39. The van der Waals surface area contributed by atoms with E-state index in [0.29, 0.717) is 0 Å². The van der Waals surface area contributed by atoms with E-state index in [9.17, 15) is 23.5 Å². The minimum atomic E-state index is -2.20. The number of para-hydroxylation sites is 1. The number of carbonyl (C=O) groups is 1. The smallest absolute Gasteiger partial charge is 0.331 e. The van der Waals surface area contributed by atoms with Crippen molar-refractivity contribution in [3.63, 3.8) is 0 Å². The Labute approximate surface area is 129 Å². The number of nitro groups is 1. The number of carboxylic acid groups (broad SMARTS) is 1. The first-order chi connectivity index (χ1) is 10.3. The SMILES string of the molecule is NCCC(=S=O)C(N)(CF)C(=O)O.O=[N+]([O-])c1ccccc1. The van der Waals surface area contributed by atoms with Gasteiger partial charge in [-0.15, -0.1) is 0 Å². The zero-order valence-electron chi connectivity index (χ0n) is 11.5. The van der Waals surface area contributed by atoms with Crippen LogP contribution in [0.2, 0.25) is 0 Å². The number of nitro benzene ring substituents is 1. The maximum atomic E-state index is 12.3. The minimum Gasteiger partial charge on any atom is -0.480 e. The van der Waals surface area contributed by atoms with Crippen LogP contribution >= 0.6 is 0 Å². The highest BCUT2D eigenvalue weighted by Crippen LogP contribution is 2.07. The Morgan fingerprint density at radius 3 is 2.23 bits per heavy atom. The highest BCUT2D eigenvalue weighted by molar-refractivity contribution is 7.66. The molecule has 122 valence electrons. The molecule has 0 bridgehead atoms. The van der Waals surface area contributed by atoms with Gasteiger partial charge in [0.25, 0.3) is 5.69 Å². The van der Waals surface area contributed by atoms with E-state index in [-0.39, 0.29) is 34.8 Å². The number of carboxylic acids is 1. The molecule has 0 radical (unpaired) electrons. The van der Waals surface area contributed by atoms with Crippen LogP contribution in [0.25, 0.3) is 0 Å². The molecule has 0 amide bonds. The lowest BCUT2D eigenvalue weighted by Crippen LogP contribution is -2.57. The first-order valence-corrected chi connectivity index (χ1v) is 6.71. The van der Waals surface area contributed by atoms with E-state index < -0.39 is 23.1 Å². The van der Waals surface area contributed by atoms with Gasteiger partial charge in [0.15, 0.2) is 5.54 Å². The number of hydrogen-bond donors (Lipinski definition) is 3. The van der Waals surface area contributed by atoms with Gasteiger partial charge in [-0.25, -0.2) is 13.4 Å². The summed E-state index contributed by atoms with van der Waals surface area (Å²) >= 11 is -0.105. The van der Waals surface area contributed by atoms with E-state index in [1.54, 1.807) is 18.2 Å². The first-order valence-electron chi connectivity index (χ1n) is 5.97. The van der Waals surface area contributed by atoms with Gasteiger partial charge in [-0.3, -0.25) is 10.1 Å². The molecule has 1 unspecified atom stereocenters. The van der Waals surface area contributed by atoms with Gasteiger partial charge in [0, 0.05) is 12.1 Å². The molecular formula is C12H16FN3O5S. The van der Waals surface area contributed by atoms with Crippen molar-refractivity contribution < 1.29 is 23.4 Å². The molecule has 0 heterocycles. The molecule has 1 atom stereocenters. The maximum Gasteiger partial charge on any atom is 0.331 e.